The van der Waals surface area contributed by atoms with Gasteiger partial charge in [-0.2, -0.15) is 0 Å². The molecular weight excluding hydrogens is 330 g/mol. The Morgan fingerprint density at radius 1 is 1.38 bits per heavy atom. The third kappa shape index (κ3) is 4.11. The van der Waals surface area contributed by atoms with E-state index in [1.54, 1.807) is 30.3 Å². The molecule has 1 aliphatic heterocycles. The van der Waals surface area contributed by atoms with Crippen molar-refractivity contribution in [2.45, 2.75) is 0 Å². The van der Waals surface area contributed by atoms with Crippen molar-refractivity contribution in [1.82, 2.24) is 10.3 Å². The van der Waals surface area contributed by atoms with Gasteiger partial charge in [0, 0.05) is 18.2 Å². The van der Waals surface area contributed by atoms with Crippen LogP contribution in [0.5, 0.6) is 0 Å². The molecule has 2 rings (SSSR count). The van der Waals surface area contributed by atoms with Gasteiger partial charge in [0.15, 0.2) is 5.17 Å². The molecule has 0 unspecified atom stereocenters. The molecule has 1 fully saturated rings. The van der Waals surface area contributed by atoms with E-state index in [0.29, 0.717) is 5.56 Å². The molecule has 0 spiro atoms. The second kappa shape index (κ2) is 8.11. The zero-order valence-electron chi connectivity index (χ0n) is 12.9. The fraction of sp³-hybridized carbons (Fsp3) is 0.125. The van der Waals surface area contributed by atoms with Gasteiger partial charge in [-0.3, -0.25) is 14.5 Å². The summed E-state index contributed by atoms with van der Waals surface area (Å²) >= 11 is 0.972. The van der Waals surface area contributed by atoms with Crippen LogP contribution in [-0.2, 0) is 14.3 Å². The first kappa shape index (κ1) is 17.5. The Kier molecular flexibility index (Phi) is 5.91. The quantitative estimate of drug-likeness (QED) is 0.378. The molecule has 124 valence electrons. The molecule has 1 aromatic rings. The number of benzene rings is 1. The summed E-state index contributed by atoms with van der Waals surface area (Å²) in [7, 11) is 1.22. The fourth-order valence-corrected chi connectivity index (χ4v) is 2.71. The summed E-state index contributed by atoms with van der Waals surface area (Å²) in [5.74, 6) is -1.45. The molecule has 1 aliphatic rings. The first-order valence-electron chi connectivity index (χ1n) is 6.90. The predicted molar refractivity (Wildman–Crippen MR) is 90.9 cm³/mol. The van der Waals surface area contributed by atoms with Crippen LogP contribution in [0.2, 0.25) is 0 Å². The van der Waals surface area contributed by atoms with Gasteiger partial charge in [0.2, 0.25) is 0 Å². The van der Waals surface area contributed by atoms with E-state index in [1.807, 2.05) is 0 Å². The highest BCUT2D eigenvalue weighted by Gasteiger charge is 2.33. The number of amides is 2. The van der Waals surface area contributed by atoms with Crippen LogP contribution in [0.25, 0.3) is 0 Å². The molecule has 7 nitrogen and oxygen atoms in total. The van der Waals surface area contributed by atoms with E-state index in [9.17, 15) is 14.4 Å². The molecule has 1 aromatic carbocycles. The number of amidine groups is 1. The molecule has 0 saturated carbocycles. The Morgan fingerprint density at radius 3 is 2.71 bits per heavy atom. The van der Waals surface area contributed by atoms with E-state index in [4.69, 9.17) is 0 Å². The van der Waals surface area contributed by atoms with Crippen LogP contribution < -0.4 is 5.43 Å². The number of nitrogens with zero attached hydrogens (tertiary/aromatic N) is 2. The van der Waals surface area contributed by atoms with Crippen LogP contribution in [-0.4, -0.2) is 41.5 Å². The number of carbonyl (C=O) groups is 3. The Labute approximate surface area is 143 Å². The van der Waals surface area contributed by atoms with Gasteiger partial charge < -0.3 is 4.74 Å². The standard InChI is InChI=1S/C16H15N3O4S/c1-3-9-19-15(22)12(10-13(20)23-2)24-16(19)18-17-14(21)11-7-5-4-6-8-11/h3-8,10H,1,9H2,2H3,(H,17,21)/b12-10+,18-16?. The van der Waals surface area contributed by atoms with Crippen molar-refractivity contribution in [2.24, 2.45) is 5.10 Å². The van der Waals surface area contributed by atoms with Gasteiger partial charge in [0.25, 0.3) is 11.8 Å². The molecule has 24 heavy (non-hydrogen) atoms. The van der Waals surface area contributed by atoms with Gasteiger partial charge in [0.05, 0.1) is 12.0 Å². The number of esters is 1. The molecule has 2 amide bonds. The Bertz CT molecular complexity index is 728. The van der Waals surface area contributed by atoms with Crippen molar-refractivity contribution in [2.75, 3.05) is 13.7 Å². The first-order valence-corrected chi connectivity index (χ1v) is 7.71. The topological polar surface area (TPSA) is 88.1 Å². The summed E-state index contributed by atoms with van der Waals surface area (Å²) in [5.41, 5.74) is 2.84. The van der Waals surface area contributed by atoms with Crippen molar-refractivity contribution in [3.8, 4) is 0 Å². The summed E-state index contributed by atoms with van der Waals surface area (Å²) in [6.45, 7) is 3.78. The number of hydrogen-bond acceptors (Lipinski definition) is 6. The lowest BCUT2D eigenvalue weighted by Crippen LogP contribution is -2.31. The van der Waals surface area contributed by atoms with Crippen molar-refractivity contribution in [3.05, 3.63) is 59.5 Å². The molecule has 8 heteroatoms. The second-order valence-electron chi connectivity index (χ2n) is 4.54. The summed E-state index contributed by atoms with van der Waals surface area (Å²) in [6, 6.07) is 8.55. The maximum atomic E-state index is 12.3. The minimum atomic E-state index is -0.640. The normalized spacial score (nSPS) is 17.2. The van der Waals surface area contributed by atoms with E-state index >= 15 is 0 Å². The smallest absolute Gasteiger partial charge is 0.331 e. The second-order valence-corrected chi connectivity index (χ2v) is 5.55. The predicted octanol–water partition coefficient (Wildman–Crippen LogP) is 1.51. The van der Waals surface area contributed by atoms with Crippen LogP contribution in [0.15, 0.2) is 59.1 Å². The van der Waals surface area contributed by atoms with Gasteiger partial charge >= 0.3 is 5.97 Å². The number of nitrogens with one attached hydrogen (secondary N) is 1. The van der Waals surface area contributed by atoms with Crippen molar-refractivity contribution in [1.29, 1.82) is 0 Å². The average molecular weight is 345 g/mol. The maximum absolute atomic E-state index is 12.3. The summed E-state index contributed by atoms with van der Waals surface area (Å²) in [6.07, 6.45) is 2.61. The van der Waals surface area contributed by atoms with Crippen molar-refractivity contribution in [3.63, 3.8) is 0 Å². The lowest BCUT2D eigenvalue weighted by Gasteiger charge is -2.12. The van der Waals surface area contributed by atoms with E-state index in [-0.39, 0.29) is 16.6 Å². The highest BCUT2D eigenvalue weighted by Crippen LogP contribution is 2.30. The summed E-state index contributed by atoms with van der Waals surface area (Å²) in [4.78, 5) is 37.1. The van der Waals surface area contributed by atoms with Gasteiger partial charge in [-0.05, 0) is 23.9 Å². The number of rotatable bonds is 5. The molecule has 0 aromatic heterocycles. The molecule has 1 heterocycles. The summed E-state index contributed by atoms with van der Waals surface area (Å²) < 4.78 is 4.52. The lowest BCUT2D eigenvalue weighted by molar-refractivity contribution is -0.135. The highest BCUT2D eigenvalue weighted by molar-refractivity contribution is 8.18. The van der Waals surface area contributed by atoms with Gasteiger partial charge in [-0.1, -0.05) is 24.3 Å². The van der Waals surface area contributed by atoms with E-state index < -0.39 is 17.8 Å². The number of thioether (sulfide) groups is 1. The van der Waals surface area contributed by atoms with Crippen LogP contribution in [0.4, 0.5) is 0 Å². The maximum Gasteiger partial charge on any atom is 0.331 e. The number of hydrazone groups is 1. The van der Waals surface area contributed by atoms with Crippen LogP contribution in [0.3, 0.4) is 0 Å². The van der Waals surface area contributed by atoms with Crippen molar-refractivity contribution >= 4 is 34.7 Å². The third-order valence-corrected chi connectivity index (χ3v) is 3.95. The zero-order chi connectivity index (χ0) is 17.5. The van der Waals surface area contributed by atoms with Gasteiger partial charge in [-0.25, -0.2) is 10.2 Å². The molecule has 1 saturated heterocycles. The third-order valence-electron chi connectivity index (χ3n) is 2.94. The number of methoxy groups -OCH3 is 1. The molecule has 0 atom stereocenters. The number of hydrogen-bond donors (Lipinski definition) is 1. The molecule has 0 bridgehead atoms. The van der Waals surface area contributed by atoms with E-state index in [1.165, 1.54) is 18.1 Å². The van der Waals surface area contributed by atoms with E-state index in [2.05, 4.69) is 21.8 Å². The summed E-state index contributed by atoms with van der Waals surface area (Å²) in [5, 5.41) is 4.23. The molecular formula is C16H15N3O4S. The number of ether oxygens (including phenoxy) is 1. The Morgan fingerprint density at radius 2 is 2.08 bits per heavy atom. The van der Waals surface area contributed by atoms with Crippen molar-refractivity contribution < 1.29 is 19.1 Å². The number of carbonyl (C=O) groups excluding carboxylic acids is 3. The largest absolute Gasteiger partial charge is 0.466 e. The monoisotopic (exact) mass is 345 g/mol. The molecule has 0 aliphatic carbocycles. The van der Waals surface area contributed by atoms with Gasteiger partial charge in [-0.15, -0.1) is 11.7 Å². The zero-order valence-corrected chi connectivity index (χ0v) is 13.7. The Balaban J connectivity index is 2.18. The highest BCUT2D eigenvalue weighted by atomic mass is 32.2. The fourth-order valence-electron chi connectivity index (χ4n) is 1.80. The molecule has 1 N–H and O–H groups in total. The SMILES string of the molecule is C=CCN1C(=O)/C(=C\C(=O)OC)SC1=NNC(=O)c1ccccc1. The minimum Gasteiger partial charge on any atom is -0.466 e. The Hall–Kier alpha value is -2.87. The van der Waals surface area contributed by atoms with Gasteiger partial charge in [0.1, 0.15) is 0 Å². The minimum absolute atomic E-state index is 0.163. The van der Waals surface area contributed by atoms with Crippen LogP contribution in [0.1, 0.15) is 10.4 Å². The van der Waals surface area contributed by atoms with Crippen LogP contribution in [0, 0.1) is 0 Å². The average Bonchev–Trinajstić information content (AvgIpc) is 2.89. The van der Waals surface area contributed by atoms with E-state index in [0.717, 1.165) is 17.8 Å². The molecule has 0 radical (unpaired) electrons. The first-order chi connectivity index (χ1) is 11.6. The van der Waals surface area contributed by atoms with Crippen LogP contribution >= 0.6 is 11.8 Å². The lowest BCUT2D eigenvalue weighted by atomic mass is 10.2.